The first-order chi connectivity index (χ1) is 14.1. The van der Waals surface area contributed by atoms with E-state index in [1.807, 2.05) is 35.8 Å². The molecule has 0 unspecified atom stereocenters. The van der Waals surface area contributed by atoms with Crippen molar-refractivity contribution in [3.63, 3.8) is 0 Å². The third-order valence-electron chi connectivity index (χ3n) is 4.36. The smallest absolute Gasteiger partial charge is 0.224 e. The first kappa shape index (κ1) is 20.9. The molecule has 0 aliphatic heterocycles. The molecule has 0 atom stereocenters. The van der Waals surface area contributed by atoms with Crippen LogP contribution >= 0.6 is 11.8 Å². The van der Waals surface area contributed by atoms with Crippen LogP contribution in [0.15, 0.2) is 53.7 Å². The fourth-order valence-electron chi connectivity index (χ4n) is 2.77. The highest BCUT2D eigenvalue weighted by molar-refractivity contribution is 7.98. The minimum absolute atomic E-state index is 0.0821. The third kappa shape index (κ3) is 5.80. The van der Waals surface area contributed by atoms with E-state index in [0.29, 0.717) is 24.7 Å². The van der Waals surface area contributed by atoms with Gasteiger partial charge in [-0.1, -0.05) is 36.0 Å². The van der Waals surface area contributed by atoms with Gasteiger partial charge in [0.2, 0.25) is 5.91 Å². The highest BCUT2D eigenvalue weighted by Gasteiger charge is 2.13. The van der Waals surface area contributed by atoms with E-state index < -0.39 is 0 Å². The second-order valence-electron chi connectivity index (χ2n) is 6.36. The second kappa shape index (κ2) is 10.1. The number of hydrogen-bond donors (Lipinski definition) is 1. The lowest BCUT2D eigenvalue weighted by atomic mass is 10.1. The Morgan fingerprint density at radius 2 is 1.79 bits per heavy atom. The fourth-order valence-corrected chi connectivity index (χ4v) is 3.75. The number of methoxy groups -OCH3 is 1. The van der Waals surface area contributed by atoms with Gasteiger partial charge in [0.25, 0.3) is 0 Å². The Hall–Kier alpha value is -2.87. The Bertz CT molecular complexity index is 942. The van der Waals surface area contributed by atoms with E-state index in [1.165, 1.54) is 23.9 Å². The van der Waals surface area contributed by atoms with E-state index in [9.17, 15) is 9.18 Å². The number of amides is 1. The number of benzene rings is 2. The summed E-state index contributed by atoms with van der Waals surface area (Å²) in [7, 11) is 1.61. The van der Waals surface area contributed by atoms with E-state index in [-0.39, 0.29) is 18.1 Å². The Kier molecular flexibility index (Phi) is 7.24. The molecule has 0 aliphatic carbocycles. The molecule has 1 amide bonds. The van der Waals surface area contributed by atoms with Crippen LogP contribution in [-0.4, -0.2) is 27.8 Å². The molecule has 6 nitrogen and oxygen atoms in total. The highest BCUT2D eigenvalue weighted by atomic mass is 32.2. The van der Waals surface area contributed by atoms with Crippen molar-refractivity contribution >= 4 is 17.7 Å². The van der Waals surface area contributed by atoms with Crippen molar-refractivity contribution in [2.24, 2.45) is 0 Å². The van der Waals surface area contributed by atoms with Crippen LogP contribution in [0.1, 0.15) is 23.9 Å². The summed E-state index contributed by atoms with van der Waals surface area (Å²) < 4.78 is 20.1. The van der Waals surface area contributed by atoms with Crippen molar-refractivity contribution in [1.82, 2.24) is 20.1 Å². The summed E-state index contributed by atoms with van der Waals surface area (Å²) in [6, 6.07) is 13.8. The van der Waals surface area contributed by atoms with Gasteiger partial charge in [0, 0.05) is 12.3 Å². The topological polar surface area (TPSA) is 69.0 Å². The number of rotatable bonds is 9. The van der Waals surface area contributed by atoms with Crippen LogP contribution in [0.25, 0.3) is 0 Å². The number of halogens is 1. The lowest BCUT2D eigenvalue weighted by molar-refractivity contribution is -0.120. The molecule has 0 spiro atoms. The van der Waals surface area contributed by atoms with E-state index in [0.717, 1.165) is 22.0 Å². The highest BCUT2D eigenvalue weighted by Crippen LogP contribution is 2.22. The molecule has 0 bridgehead atoms. The molecule has 3 rings (SSSR count). The van der Waals surface area contributed by atoms with E-state index in [1.54, 1.807) is 19.2 Å². The number of nitrogens with one attached hydrogen (secondary N) is 1. The summed E-state index contributed by atoms with van der Waals surface area (Å²) in [5.74, 6) is 1.81. The van der Waals surface area contributed by atoms with Gasteiger partial charge >= 0.3 is 0 Å². The van der Waals surface area contributed by atoms with Gasteiger partial charge < -0.3 is 14.6 Å². The molecular weight excluding hydrogens is 391 g/mol. The molecule has 0 saturated heterocycles. The predicted octanol–water partition coefficient (Wildman–Crippen LogP) is 3.60. The van der Waals surface area contributed by atoms with Crippen LogP contribution in [0.4, 0.5) is 4.39 Å². The first-order valence-electron chi connectivity index (χ1n) is 9.28. The quantitative estimate of drug-likeness (QED) is 0.542. The molecule has 0 fully saturated rings. The Morgan fingerprint density at radius 3 is 2.45 bits per heavy atom. The maximum absolute atomic E-state index is 13.0. The van der Waals surface area contributed by atoms with Gasteiger partial charge in [0.05, 0.1) is 20.1 Å². The molecule has 1 aromatic heterocycles. The van der Waals surface area contributed by atoms with Gasteiger partial charge in [-0.15, -0.1) is 10.2 Å². The van der Waals surface area contributed by atoms with Crippen LogP contribution in [0.5, 0.6) is 5.75 Å². The summed E-state index contributed by atoms with van der Waals surface area (Å²) >= 11 is 1.53. The second-order valence-corrected chi connectivity index (χ2v) is 7.30. The summed E-state index contributed by atoms with van der Waals surface area (Å²) in [4.78, 5) is 12.2. The van der Waals surface area contributed by atoms with Crippen molar-refractivity contribution < 1.29 is 13.9 Å². The lowest BCUT2D eigenvalue weighted by Gasteiger charge is -2.09. The molecule has 3 aromatic rings. The van der Waals surface area contributed by atoms with Gasteiger partial charge in [-0.25, -0.2) is 4.39 Å². The van der Waals surface area contributed by atoms with Gasteiger partial charge in [0.1, 0.15) is 11.6 Å². The van der Waals surface area contributed by atoms with Gasteiger partial charge in [-0.05, 0) is 42.3 Å². The van der Waals surface area contributed by atoms with Gasteiger partial charge in [-0.3, -0.25) is 4.79 Å². The summed E-state index contributed by atoms with van der Waals surface area (Å²) in [5.41, 5.74) is 1.92. The predicted molar refractivity (Wildman–Crippen MR) is 110 cm³/mol. The molecule has 1 N–H and O–H groups in total. The van der Waals surface area contributed by atoms with Crippen molar-refractivity contribution in [3.05, 3.63) is 71.3 Å². The van der Waals surface area contributed by atoms with E-state index in [4.69, 9.17) is 4.74 Å². The largest absolute Gasteiger partial charge is 0.497 e. The van der Waals surface area contributed by atoms with Crippen molar-refractivity contribution in [2.75, 3.05) is 7.11 Å². The molecule has 29 heavy (non-hydrogen) atoms. The van der Waals surface area contributed by atoms with Crippen molar-refractivity contribution in [2.45, 2.75) is 37.3 Å². The Morgan fingerprint density at radius 1 is 1.10 bits per heavy atom. The number of thioether (sulfide) groups is 1. The Labute approximate surface area is 173 Å². The number of hydrogen-bond acceptors (Lipinski definition) is 5. The normalized spacial score (nSPS) is 10.7. The average Bonchev–Trinajstić information content (AvgIpc) is 3.14. The van der Waals surface area contributed by atoms with E-state index in [2.05, 4.69) is 15.5 Å². The van der Waals surface area contributed by atoms with Crippen LogP contribution in [0.2, 0.25) is 0 Å². The lowest BCUT2D eigenvalue weighted by Crippen LogP contribution is -2.26. The monoisotopic (exact) mass is 414 g/mol. The van der Waals surface area contributed by atoms with Gasteiger partial charge in [0.15, 0.2) is 11.0 Å². The molecule has 0 radical (unpaired) electrons. The zero-order valence-corrected chi connectivity index (χ0v) is 17.2. The number of nitrogens with zero attached hydrogens (tertiary/aromatic N) is 3. The first-order valence-corrected chi connectivity index (χ1v) is 10.3. The maximum atomic E-state index is 13.0. The fraction of sp³-hybridized carbons (Fsp3) is 0.286. The third-order valence-corrected chi connectivity index (χ3v) is 5.40. The van der Waals surface area contributed by atoms with Crippen LogP contribution in [-0.2, 0) is 30.1 Å². The molecule has 152 valence electrons. The SMILES string of the molecule is CCn1c(CNC(=O)Cc2ccc(OC)cc2)nnc1SCc1ccc(F)cc1. The van der Waals surface area contributed by atoms with Crippen LogP contribution < -0.4 is 10.1 Å². The number of ether oxygens (including phenoxy) is 1. The van der Waals surface area contributed by atoms with Crippen LogP contribution in [0.3, 0.4) is 0 Å². The average molecular weight is 415 g/mol. The summed E-state index contributed by atoms with van der Waals surface area (Å²) in [6.07, 6.45) is 0.288. The van der Waals surface area contributed by atoms with Crippen molar-refractivity contribution in [3.8, 4) is 5.75 Å². The minimum atomic E-state index is -0.247. The summed E-state index contributed by atoms with van der Waals surface area (Å²) in [5, 5.41) is 12.1. The maximum Gasteiger partial charge on any atom is 0.224 e. The van der Waals surface area contributed by atoms with Gasteiger partial charge in [-0.2, -0.15) is 0 Å². The summed E-state index contributed by atoms with van der Waals surface area (Å²) in [6.45, 7) is 3.02. The molecule has 2 aromatic carbocycles. The van der Waals surface area contributed by atoms with Crippen LogP contribution in [0, 0.1) is 5.82 Å². The number of carbonyl (C=O) groups is 1. The van der Waals surface area contributed by atoms with Crippen molar-refractivity contribution in [1.29, 1.82) is 0 Å². The standard InChI is InChI=1S/C21H23FN4O2S/c1-3-26-19(13-23-20(27)12-15-6-10-18(28-2)11-7-15)24-25-21(26)29-14-16-4-8-17(22)9-5-16/h4-11H,3,12-14H2,1-2H3,(H,23,27). The van der Waals surface area contributed by atoms with E-state index >= 15 is 0 Å². The molecule has 1 heterocycles. The zero-order chi connectivity index (χ0) is 20.6. The number of aromatic nitrogens is 3. The molecule has 0 saturated carbocycles. The molecule has 0 aliphatic rings. The number of carbonyl (C=O) groups excluding carboxylic acids is 1. The molecule has 8 heteroatoms. The minimum Gasteiger partial charge on any atom is -0.497 e. The zero-order valence-electron chi connectivity index (χ0n) is 16.4. The molecular formula is C21H23FN4O2S. The Balaban J connectivity index is 1.54.